The molecule has 1 saturated carbocycles. The van der Waals surface area contributed by atoms with Gasteiger partial charge in [0, 0.05) is 60.4 Å². The van der Waals surface area contributed by atoms with E-state index in [1.165, 1.54) is 12.1 Å². The Morgan fingerprint density at radius 1 is 0.937 bits per heavy atom. The van der Waals surface area contributed by atoms with Gasteiger partial charge in [0.15, 0.2) is 0 Å². The quantitative estimate of drug-likeness (QED) is 0.0785. The van der Waals surface area contributed by atoms with E-state index < -0.39 is 29.4 Å². The molecule has 1 saturated heterocycles. The number of anilines is 1. The summed E-state index contributed by atoms with van der Waals surface area (Å²) in [6, 6.07) is 19.0. The van der Waals surface area contributed by atoms with Crippen LogP contribution in [0.4, 0.5) is 5.69 Å². The summed E-state index contributed by atoms with van der Waals surface area (Å²) in [5, 5.41) is 31.0. The molecular weight excluding hydrogens is 824 g/mol. The van der Waals surface area contributed by atoms with E-state index in [1.807, 2.05) is 32.9 Å². The fourth-order valence-electron chi connectivity index (χ4n) is 8.85. The van der Waals surface area contributed by atoms with Gasteiger partial charge in [-0.05, 0) is 91.6 Å². The van der Waals surface area contributed by atoms with E-state index in [0.29, 0.717) is 54.4 Å². The van der Waals surface area contributed by atoms with Gasteiger partial charge in [-0.25, -0.2) is 4.79 Å². The number of carbonyl (C=O) groups excluding carboxylic acids is 4. The van der Waals surface area contributed by atoms with Gasteiger partial charge in [-0.15, -0.1) is 0 Å². The number of rotatable bonds is 19. The standard InChI is InChI=1S/C48H61ClN6O8/c1-46(2,3)39(42(59)55-24-11-12-37(55)41(58)52-28-30-13-15-32(16-14-30)43(60)61)53-38(56)29-62-25-10-8-9-23-51-34-20-17-31(18-21-34)40(57)54-44-47(4,5)45(48(44,6)7)63-35-22-19-33(27-50)36(49)26-35/h13-22,26,37,39,44-45,51H,8-12,23-25,28-29H2,1-7H3,(H,52,58)(H,53,56)(H,54,57)(H,60,61)/t37-,39?,44-,45-/m0/s1. The first-order valence-electron chi connectivity index (χ1n) is 21.5. The Kier molecular flexibility index (Phi) is 15.9. The maximum atomic E-state index is 13.8. The number of nitriles is 1. The van der Waals surface area contributed by atoms with Gasteiger partial charge < -0.3 is 40.7 Å². The van der Waals surface area contributed by atoms with Crippen molar-refractivity contribution in [2.45, 2.75) is 111 Å². The molecule has 2 atom stereocenters. The third-order valence-corrected chi connectivity index (χ3v) is 12.3. The molecule has 3 aromatic carbocycles. The zero-order valence-corrected chi connectivity index (χ0v) is 38.1. The van der Waals surface area contributed by atoms with Crippen molar-refractivity contribution >= 4 is 46.9 Å². The number of likely N-dealkylation sites (tertiary alicyclic amines) is 1. The fourth-order valence-corrected chi connectivity index (χ4v) is 9.06. The lowest BCUT2D eigenvalue weighted by Crippen LogP contribution is -2.74. The Bertz CT molecular complexity index is 2150. The van der Waals surface area contributed by atoms with Crippen molar-refractivity contribution < 1.29 is 38.6 Å². The van der Waals surface area contributed by atoms with E-state index in [0.717, 1.165) is 30.5 Å². The molecule has 1 heterocycles. The Morgan fingerprint density at radius 3 is 2.22 bits per heavy atom. The first-order valence-corrected chi connectivity index (χ1v) is 21.9. The number of carboxylic acids is 1. The second kappa shape index (κ2) is 20.7. The lowest BCUT2D eigenvalue weighted by Gasteiger charge is -2.63. The predicted molar refractivity (Wildman–Crippen MR) is 240 cm³/mol. The van der Waals surface area contributed by atoms with Gasteiger partial charge in [-0.3, -0.25) is 19.2 Å². The van der Waals surface area contributed by atoms with Crippen LogP contribution >= 0.6 is 11.6 Å². The molecule has 1 unspecified atom stereocenters. The lowest BCUT2D eigenvalue weighted by molar-refractivity contribution is -0.164. The van der Waals surface area contributed by atoms with Gasteiger partial charge in [-0.1, -0.05) is 72.2 Å². The Balaban J connectivity index is 0.981. The van der Waals surface area contributed by atoms with Crippen LogP contribution in [-0.4, -0.2) is 90.1 Å². The smallest absolute Gasteiger partial charge is 0.335 e. The van der Waals surface area contributed by atoms with Crippen molar-refractivity contribution in [1.82, 2.24) is 20.9 Å². The van der Waals surface area contributed by atoms with Gasteiger partial charge in [0.05, 0.1) is 16.1 Å². The third kappa shape index (κ3) is 12.1. The van der Waals surface area contributed by atoms with Crippen molar-refractivity contribution in [3.8, 4) is 11.8 Å². The van der Waals surface area contributed by atoms with Crippen molar-refractivity contribution in [1.29, 1.82) is 5.26 Å². The average molecular weight is 886 g/mol. The number of halogens is 1. The fraction of sp³-hybridized carbons (Fsp3) is 0.500. The van der Waals surface area contributed by atoms with Crippen LogP contribution in [0.2, 0.25) is 5.02 Å². The van der Waals surface area contributed by atoms with E-state index in [1.54, 1.807) is 47.4 Å². The number of aromatic carboxylic acids is 1. The van der Waals surface area contributed by atoms with Crippen LogP contribution in [0.15, 0.2) is 66.7 Å². The summed E-state index contributed by atoms with van der Waals surface area (Å²) in [4.78, 5) is 66.0. The molecule has 1 aliphatic heterocycles. The molecule has 5 rings (SSSR count). The highest BCUT2D eigenvalue weighted by atomic mass is 35.5. The summed E-state index contributed by atoms with van der Waals surface area (Å²) in [5.74, 6) is -1.64. The highest BCUT2D eigenvalue weighted by Crippen LogP contribution is 2.55. The predicted octanol–water partition coefficient (Wildman–Crippen LogP) is 6.96. The van der Waals surface area contributed by atoms with Crippen molar-refractivity contribution in [3.05, 3.63) is 94.0 Å². The number of unbranched alkanes of at least 4 members (excludes halogenated alkanes) is 2. The molecular formula is C48H61ClN6O8. The zero-order valence-electron chi connectivity index (χ0n) is 37.3. The molecule has 0 aromatic heterocycles. The van der Waals surface area contributed by atoms with Crippen LogP contribution in [0, 0.1) is 27.6 Å². The summed E-state index contributed by atoms with van der Waals surface area (Å²) in [6.07, 6.45) is 3.42. The van der Waals surface area contributed by atoms with Crippen LogP contribution < -0.4 is 26.0 Å². The minimum absolute atomic E-state index is 0.153. The number of carbonyl (C=O) groups is 5. The summed E-state index contributed by atoms with van der Waals surface area (Å²) in [5.41, 5.74) is 1.35. The molecule has 338 valence electrons. The topological polar surface area (TPSA) is 199 Å². The highest BCUT2D eigenvalue weighted by molar-refractivity contribution is 6.31. The van der Waals surface area contributed by atoms with Gasteiger partial charge in [0.1, 0.15) is 36.6 Å². The van der Waals surface area contributed by atoms with Gasteiger partial charge in [0.25, 0.3) is 5.91 Å². The molecule has 2 fully saturated rings. The molecule has 3 aromatic rings. The summed E-state index contributed by atoms with van der Waals surface area (Å²) in [6.45, 7) is 15.4. The summed E-state index contributed by atoms with van der Waals surface area (Å²) < 4.78 is 12.0. The van der Waals surface area contributed by atoms with E-state index in [4.69, 9.17) is 26.2 Å². The van der Waals surface area contributed by atoms with E-state index in [2.05, 4.69) is 55.0 Å². The highest BCUT2D eigenvalue weighted by Gasteiger charge is 2.64. The normalized spacial score (nSPS) is 19.2. The van der Waals surface area contributed by atoms with E-state index in [-0.39, 0.29) is 59.4 Å². The molecule has 0 bridgehead atoms. The number of nitrogens with one attached hydrogen (secondary N) is 4. The molecule has 0 radical (unpaired) electrons. The molecule has 5 N–H and O–H groups in total. The Morgan fingerprint density at radius 2 is 1.60 bits per heavy atom. The minimum Gasteiger partial charge on any atom is -0.489 e. The average Bonchev–Trinajstić information content (AvgIpc) is 3.74. The SMILES string of the molecule is CC(C)(C)C(NC(=O)COCCCCCNc1ccc(C(=O)N[C@H]2C(C)(C)[C@H](Oc3ccc(C#N)c(Cl)c3)C2(C)C)cc1)C(=O)N1CCC[C@H]1C(=O)NCc1ccc(C(=O)O)cc1. The van der Waals surface area contributed by atoms with Gasteiger partial charge in [0.2, 0.25) is 17.7 Å². The summed E-state index contributed by atoms with van der Waals surface area (Å²) >= 11 is 6.23. The largest absolute Gasteiger partial charge is 0.489 e. The van der Waals surface area contributed by atoms with Crippen molar-refractivity contribution in [2.75, 3.05) is 31.6 Å². The van der Waals surface area contributed by atoms with Crippen molar-refractivity contribution in [3.63, 3.8) is 0 Å². The Labute approximate surface area is 375 Å². The molecule has 2 aliphatic rings. The van der Waals surface area contributed by atoms with Crippen LogP contribution in [-0.2, 0) is 25.7 Å². The Hall–Kier alpha value is -5.65. The van der Waals surface area contributed by atoms with Crippen LogP contribution in [0.3, 0.4) is 0 Å². The number of nitrogens with zero attached hydrogens (tertiary/aromatic N) is 2. The maximum absolute atomic E-state index is 13.8. The third-order valence-electron chi connectivity index (χ3n) is 12.0. The molecule has 14 nitrogen and oxygen atoms in total. The van der Waals surface area contributed by atoms with Crippen molar-refractivity contribution in [2.24, 2.45) is 16.2 Å². The zero-order chi connectivity index (χ0) is 46.1. The van der Waals surface area contributed by atoms with Gasteiger partial charge in [-0.2, -0.15) is 5.26 Å². The molecule has 63 heavy (non-hydrogen) atoms. The number of carboxylic acid groups (broad SMARTS) is 1. The number of hydrogen-bond donors (Lipinski definition) is 5. The number of amides is 4. The van der Waals surface area contributed by atoms with Crippen LogP contribution in [0.25, 0.3) is 0 Å². The lowest BCUT2D eigenvalue weighted by atomic mass is 9.49. The molecule has 15 heteroatoms. The minimum atomic E-state index is -1.03. The number of hydrogen-bond acceptors (Lipinski definition) is 9. The van der Waals surface area contributed by atoms with Crippen LogP contribution in [0.1, 0.15) is 112 Å². The molecule has 4 amide bonds. The summed E-state index contributed by atoms with van der Waals surface area (Å²) in [7, 11) is 0. The van der Waals surface area contributed by atoms with E-state index >= 15 is 0 Å². The number of benzene rings is 3. The second-order valence-corrected chi connectivity index (χ2v) is 19.1. The van der Waals surface area contributed by atoms with E-state index in [9.17, 15) is 29.2 Å². The molecule has 0 spiro atoms. The molecule has 1 aliphatic carbocycles. The number of ether oxygens (including phenoxy) is 2. The second-order valence-electron chi connectivity index (χ2n) is 18.7. The van der Waals surface area contributed by atoms with Crippen LogP contribution in [0.5, 0.6) is 5.75 Å². The monoisotopic (exact) mass is 884 g/mol. The first kappa shape index (κ1) is 48.4. The maximum Gasteiger partial charge on any atom is 0.335 e. The first-order chi connectivity index (χ1) is 29.7. The van der Waals surface area contributed by atoms with Gasteiger partial charge >= 0.3 is 5.97 Å².